The summed E-state index contributed by atoms with van der Waals surface area (Å²) >= 11 is 0. The first-order chi connectivity index (χ1) is 20.1. The molecule has 4 heterocycles. The lowest BCUT2D eigenvalue weighted by atomic mass is 9.78. The van der Waals surface area contributed by atoms with Gasteiger partial charge in [0, 0.05) is 42.9 Å². The Hall–Kier alpha value is -3.03. The lowest BCUT2D eigenvalue weighted by Gasteiger charge is -2.38. The quantitative estimate of drug-likeness (QED) is 0.388. The van der Waals surface area contributed by atoms with Gasteiger partial charge in [0.1, 0.15) is 22.9 Å². The molecular formula is C30H35BF4N4O4. The monoisotopic (exact) mass is 602 g/mol. The average Bonchev–Trinajstić information content (AvgIpc) is 3.69. The first-order valence-electron chi connectivity index (χ1n) is 14.6. The van der Waals surface area contributed by atoms with E-state index in [0.29, 0.717) is 53.9 Å². The molecule has 43 heavy (non-hydrogen) atoms. The van der Waals surface area contributed by atoms with E-state index in [1.54, 1.807) is 0 Å². The number of hydrogen-bond acceptors (Lipinski definition) is 7. The summed E-state index contributed by atoms with van der Waals surface area (Å²) in [6, 6.07) is 5.57. The topological polar surface area (TPSA) is 85.3 Å². The number of aliphatic imine (C=N–C) groups is 1. The first-order valence-corrected chi connectivity index (χ1v) is 14.6. The number of rotatable bonds is 6. The van der Waals surface area contributed by atoms with Crippen LogP contribution in [-0.4, -0.2) is 60.8 Å². The number of pyridine rings is 1. The van der Waals surface area contributed by atoms with Gasteiger partial charge in [-0.1, -0.05) is 0 Å². The SMILES string of the molecule is COCc1c(F)cc(B2OC(C)(C)C(C)(C)O2)cc1N1CCC2(CC1)N=C(c1ccc(C(F)(F)F)nc1C1CC1)NC2=O. The van der Waals surface area contributed by atoms with E-state index < -0.39 is 41.5 Å². The van der Waals surface area contributed by atoms with E-state index in [2.05, 4.69) is 10.3 Å². The molecule has 6 rings (SSSR count). The number of anilines is 1. The van der Waals surface area contributed by atoms with E-state index in [9.17, 15) is 18.0 Å². The van der Waals surface area contributed by atoms with Gasteiger partial charge in [0.2, 0.25) is 0 Å². The van der Waals surface area contributed by atoms with E-state index in [1.807, 2.05) is 38.7 Å². The Morgan fingerprint density at radius 2 is 1.74 bits per heavy atom. The number of nitrogens with one attached hydrogen (secondary N) is 1. The third kappa shape index (κ3) is 5.33. The minimum Gasteiger partial charge on any atom is -0.399 e. The fourth-order valence-electron chi connectivity index (χ4n) is 5.93. The highest BCUT2D eigenvalue weighted by atomic mass is 19.4. The van der Waals surface area contributed by atoms with Crippen molar-refractivity contribution in [2.45, 2.75) is 88.8 Å². The third-order valence-corrected chi connectivity index (χ3v) is 9.35. The van der Waals surface area contributed by atoms with Crippen molar-refractivity contribution in [2.75, 3.05) is 25.1 Å². The molecule has 8 nitrogen and oxygen atoms in total. The Balaban J connectivity index is 1.27. The summed E-state index contributed by atoms with van der Waals surface area (Å²) in [6.45, 7) is 8.58. The number of halogens is 4. The number of aromatic nitrogens is 1. The van der Waals surface area contributed by atoms with Crippen LogP contribution in [0.25, 0.3) is 0 Å². The molecule has 1 spiro atoms. The van der Waals surface area contributed by atoms with Crippen LogP contribution in [0.2, 0.25) is 0 Å². The Labute approximate surface area is 248 Å². The molecule has 1 N–H and O–H groups in total. The summed E-state index contributed by atoms with van der Waals surface area (Å²) < 4.78 is 73.2. The van der Waals surface area contributed by atoms with Crippen LogP contribution >= 0.6 is 0 Å². The predicted octanol–water partition coefficient (Wildman–Crippen LogP) is 4.48. The number of amides is 1. The molecular weight excluding hydrogens is 567 g/mol. The van der Waals surface area contributed by atoms with Crippen LogP contribution in [0.3, 0.4) is 0 Å². The van der Waals surface area contributed by atoms with Crippen molar-refractivity contribution in [3.63, 3.8) is 0 Å². The van der Waals surface area contributed by atoms with Crippen molar-refractivity contribution < 1.29 is 36.4 Å². The molecule has 2 saturated heterocycles. The molecule has 1 aromatic carbocycles. The van der Waals surface area contributed by atoms with Crippen molar-refractivity contribution in [1.82, 2.24) is 10.3 Å². The van der Waals surface area contributed by atoms with Gasteiger partial charge < -0.3 is 24.3 Å². The minimum absolute atomic E-state index is 0.0557. The molecule has 0 bridgehead atoms. The van der Waals surface area contributed by atoms with Gasteiger partial charge >= 0.3 is 13.3 Å². The van der Waals surface area contributed by atoms with E-state index in [-0.39, 0.29) is 24.3 Å². The maximum absolute atomic E-state index is 15.5. The van der Waals surface area contributed by atoms with Crippen LogP contribution in [0.1, 0.15) is 81.8 Å². The van der Waals surface area contributed by atoms with Gasteiger partial charge in [-0.05, 0) is 83.1 Å². The molecule has 4 aliphatic rings. The molecule has 1 amide bonds. The molecule has 13 heteroatoms. The molecule has 1 saturated carbocycles. The van der Waals surface area contributed by atoms with Crippen LogP contribution in [0.5, 0.6) is 0 Å². The van der Waals surface area contributed by atoms with Gasteiger partial charge in [0.05, 0.1) is 23.5 Å². The molecule has 0 atom stereocenters. The maximum atomic E-state index is 15.5. The summed E-state index contributed by atoms with van der Waals surface area (Å²) in [5.41, 5.74) is -0.880. The number of ether oxygens (including phenoxy) is 1. The zero-order chi connectivity index (χ0) is 30.9. The Kier molecular flexibility index (Phi) is 7.17. The summed E-state index contributed by atoms with van der Waals surface area (Å²) in [5.74, 6) is -0.556. The second-order valence-corrected chi connectivity index (χ2v) is 12.9. The number of methoxy groups -OCH3 is 1. The molecule has 3 fully saturated rings. The van der Waals surface area contributed by atoms with Crippen molar-refractivity contribution in [2.24, 2.45) is 4.99 Å². The van der Waals surface area contributed by atoms with Crippen LogP contribution in [0.4, 0.5) is 23.2 Å². The number of piperidine rings is 1. The number of nitrogens with zero attached hydrogens (tertiary/aromatic N) is 3. The van der Waals surface area contributed by atoms with Gasteiger partial charge in [-0.15, -0.1) is 0 Å². The van der Waals surface area contributed by atoms with Gasteiger partial charge in [0.25, 0.3) is 5.91 Å². The summed E-state index contributed by atoms with van der Waals surface area (Å²) in [5, 5.41) is 2.83. The van der Waals surface area contributed by atoms with E-state index in [0.717, 1.165) is 18.9 Å². The molecule has 2 aromatic rings. The van der Waals surface area contributed by atoms with Crippen molar-refractivity contribution in [1.29, 1.82) is 0 Å². The highest BCUT2D eigenvalue weighted by molar-refractivity contribution is 6.62. The van der Waals surface area contributed by atoms with Crippen LogP contribution < -0.4 is 15.7 Å². The molecule has 1 aromatic heterocycles. The standard InChI is InChI=1S/C30H35BF4N4O4/c1-27(2)28(3,4)43-31(42-27)18-14-21(32)20(16-41-5)22(15-18)39-12-10-29(11-13-39)26(40)37-25(38-29)19-8-9-23(30(33,34)35)36-24(19)17-6-7-17/h8-9,14-15,17H,6-7,10-13,16H2,1-5H3,(H,37,38,40). The lowest BCUT2D eigenvalue weighted by Crippen LogP contribution is -2.49. The van der Waals surface area contributed by atoms with E-state index in [4.69, 9.17) is 19.0 Å². The summed E-state index contributed by atoms with van der Waals surface area (Å²) in [7, 11) is 0.749. The average molecular weight is 602 g/mol. The van der Waals surface area contributed by atoms with Gasteiger partial charge in [-0.2, -0.15) is 13.2 Å². The second kappa shape index (κ2) is 10.3. The molecule has 230 valence electrons. The molecule has 0 radical (unpaired) electrons. The molecule has 0 unspecified atom stereocenters. The number of carbonyl (C=O) groups is 1. The highest BCUT2D eigenvalue weighted by Gasteiger charge is 2.52. The van der Waals surface area contributed by atoms with Crippen LogP contribution in [-0.2, 0) is 31.6 Å². The number of alkyl halides is 3. The first kappa shape index (κ1) is 30.0. The number of hydrogen-bond donors (Lipinski definition) is 1. The van der Waals surface area contributed by atoms with Crippen LogP contribution in [0, 0.1) is 5.82 Å². The Bertz CT molecular complexity index is 1470. The smallest absolute Gasteiger partial charge is 0.399 e. The second-order valence-electron chi connectivity index (χ2n) is 12.9. The Morgan fingerprint density at radius 1 is 1.09 bits per heavy atom. The normalized spacial score (nSPS) is 22.7. The Morgan fingerprint density at radius 3 is 2.33 bits per heavy atom. The number of amidine groups is 1. The van der Waals surface area contributed by atoms with E-state index in [1.165, 1.54) is 19.2 Å². The fraction of sp³-hybridized carbons (Fsp3) is 0.567. The van der Waals surface area contributed by atoms with Gasteiger partial charge in [-0.3, -0.25) is 9.79 Å². The third-order valence-electron chi connectivity index (χ3n) is 9.35. The highest BCUT2D eigenvalue weighted by Crippen LogP contribution is 2.43. The van der Waals surface area contributed by atoms with Crippen molar-refractivity contribution in [3.05, 3.63) is 52.6 Å². The van der Waals surface area contributed by atoms with E-state index >= 15 is 4.39 Å². The number of carbonyl (C=O) groups excluding carboxylic acids is 1. The van der Waals surface area contributed by atoms with Crippen molar-refractivity contribution >= 4 is 30.0 Å². The zero-order valence-corrected chi connectivity index (χ0v) is 24.9. The molecule has 1 aliphatic carbocycles. The zero-order valence-electron chi connectivity index (χ0n) is 24.9. The van der Waals surface area contributed by atoms with Gasteiger partial charge in [-0.25, -0.2) is 9.37 Å². The number of benzene rings is 1. The largest absolute Gasteiger partial charge is 0.495 e. The predicted molar refractivity (Wildman–Crippen MR) is 153 cm³/mol. The minimum atomic E-state index is -4.56. The molecule has 3 aliphatic heterocycles. The fourth-order valence-corrected chi connectivity index (χ4v) is 5.93. The maximum Gasteiger partial charge on any atom is 0.495 e. The summed E-state index contributed by atoms with van der Waals surface area (Å²) in [4.78, 5) is 24.0. The van der Waals surface area contributed by atoms with Crippen molar-refractivity contribution in [3.8, 4) is 0 Å². The lowest BCUT2D eigenvalue weighted by molar-refractivity contribution is -0.141. The van der Waals surface area contributed by atoms with Gasteiger partial charge in [0.15, 0.2) is 0 Å². The van der Waals surface area contributed by atoms with Crippen LogP contribution in [0.15, 0.2) is 29.3 Å². The summed E-state index contributed by atoms with van der Waals surface area (Å²) in [6.07, 6.45) is -2.40.